The van der Waals surface area contributed by atoms with Crippen molar-refractivity contribution in [3.63, 3.8) is 0 Å². The number of pyridine rings is 1. The van der Waals surface area contributed by atoms with Gasteiger partial charge in [0.2, 0.25) is 0 Å². The van der Waals surface area contributed by atoms with E-state index in [0.717, 1.165) is 11.3 Å². The Bertz CT molecular complexity index is 1930. The predicted octanol–water partition coefficient (Wildman–Crippen LogP) is 8.88. The van der Waals surface area contributed by atoms with E-state index in [-0.39, 0.29) is 31.6 Å². The first-order valence-corrected chi connectivity index (χ1v) is 29.4. The minimum atomic E-state index is -2.64. The molecule has 0 saturated heterocycles. The van der Waals surface area contributed by atoms with Gasteiger partial charge in [0, 0.05) is 26.2 Å². The zero-order valence-electron chi connectivity index (χ0n) is 28.4. The molecule has 0 unspecified atom stereocenters. The maximum Gasteiger partial charge on any atom is 0 e. The number of fused-ring (bicyclic) bond motifs is 4. The van der Waals surface area contributed by atoms with E-state index in [1.54, 1.807) is 8.79 Å². The van der Waals surface area contributed by atoms with Crippen LogP contribution in [0.2, 0.25) is 28.8 Å². The molecular formula is C40H44Ge2IrNO2-. The number of ketones is 1. The summed E-state index contributed by atoms with van der Waals surface area (Å²) in [7, 11) is 0. The van der Waals surface area contributed by atoms with Gasteiger partial charge in [0.05, 0.1) is 5.76 Å². The van der Waals surface area contributed by atoms with E-state index in [1.165, 1.54) is 62.9 Å². The quantitative estimate of drug-likeness (QED) is 0.0831. The molecule has 1 radical (unpaired) electrons. The molecule has 0 atom stereocenters. The minimum absolute atomic E-state index is 0. The second kappa shape index (κ2) is 14.2. The molecule has 0 amide bonds. The number of nitrogens with zero attached hydrogens (tertiary/aromatic N) is 1. The zero-order valence-corrected chi connectivity index (χ0v) is 35.0. The second-order valence-electron chi connectivity index (χ2n) is 14.0. The molecular weight excluding hydrogens is 864 g/mol. The van der Waals surface area contributed by atoms with Crippen LogP contribution in [0.25, 0.3) is 44.3 Å². The number of aliphatic hydroxyl groups is 1. The van der Waals surface area contributed by atoms with Crippen molar-refractivity contribution in [3.05, 3.63) is 109 Å². The van der Waals surface area contributed by atoms with E-state index >= 15 is 0 Å². The predicted molar refractivity (Wildman–Crippen MR) is 198 cm³/mol. The number of hydrogen-bond donors (Lipinski definition) is 1. The van der Waals surface area contributed by atoms with Gasteiger partial charge < -0.3 is 5.11 Å². The molecule has 1 aliphatic heterocycles. The average Bonchev–Trinajstić information content (AvgIpc) is 3.22. The molecule has 0 aliphatic carbocycles. The van der Waals surface area contributed by atoms with Gasteiger partial charge in [0.15, 0.2) is 5.78 Å². The fourth-order valence-corrected chi connectivity index (χ4v) is 16.0. The molecule has 1 aliphatic rings. The molecule has 4 aromatic carbocycles. The Labute approximate surface area is 293 Å². The molecule has 5 aromatic rings. The molecule has 0 bridgehead atoms. The SMILES string of the molecule is CC(=O)/C=C(/C)O.CC(C)c1cc(-c2nccc3[c]2[Ge]([CH3])([CH3])[c]2cc(-c4cc[c]([Ge]([CH3])([CH3])[CH3])cc4)ccc2-3)[c-]c2ccccc12.[Ir]. The summed E-state index contributed by atoms with van der Waals surface area (Å²) in [4.78, 5) is 15.1. The summed E-state index contributed by atoms with van der Waals surface area (Å²) in [6, 6.07) is 33.6. The van der Waals surface area contributed by atoms with Crippen LogP contribution in [-0.2, 0) is 24.9 Å². The normalized spacial score (nSPS) is 13.4. The van der Waals surface area contributed by atoms with Crippen LogP contribution in [0.15, 0.2) is 96.9 Å². The Hall–Kier alpha value is -2.76. The molecule has 1 aromatic heterocycles. The molecule has 6 rings (SSSR count). The summed E-state index contributed by atoms with van der Waals surface area (Å²) in [5.41, 5.74) is 9.09. The molecule has 239 valence electrons. The molecule has 46 heavy (non-hydrogen) atoms. The number of carbonyl (C=O) groups excluding carboxylic acids is 1. The van der Waals surface area contributed by atoms with Crippen LogP contribution in [0.3, 0.4) is 0 Å². The zero-order chi connectivity index (χ0) is 32.7. The van der Waals surface area contributed by atoms with Crippen LogP contribution in [0.4, 0.5) is 0 Å². The summed E-state index contributed by atoms with van der Waals surface area (Å²) < 4.78 is 4.62. The Morgan fingerprint density at radius 1 is 0.891 bits per heavy atom. The van der Waals surface area contributed by atoms with Gasteiger partial charge in [0.1, 0.15) is 0 Å². The van der Waals surface area contributed by atoms with E-state index in [4.69, 9.17) is 10.1 Å². The van der Waals surface area contributed by atoms with Crippen molar-refractivity contribution in [2.45, 2.75) is 62.4 Å². The van der Waals surface area contributed by atoms with Gasteiger partial charge in [0.25, 0.3) is 0 Å². The van der Waals surface area contributed by atoms with Crippen molar-refractivity contribution in [2.75, 3.05) is 0 Å². The van der Waals surface area contributed by atoms with Crippen molar-refractivity contribution in [2.24, 2.45) is 0 Å². The van der Waals surface area contributed by atoms with E-state index in [2.05, 4.69) is 128 Å². The Morgan fingerprint density at radius 3 is 2.13 bits per heavy atom. The monoisotopic (exact) mass is 911 g/mol. The summed E-state index contributed by atoms with van der Waals surface area (Å²) in [5.74, 6) is 12.8. The second-order valence-corrected chi connectivity index (χ2v) is 33.7. The van der Waals surface area contributed by atoms with E-state index in [9.17, 15) is 4.79 Å². The van der Waals surface area contributed by atoms with Gasteiger partial charge in [-0.15, -0.1) is 0 Å². The summed E-state index contributed by atoms with van der Waals surface area (Å²) in [6.45, 7) is 7.41. The van der Waals surface area contributed by atoms with Crippen LogP contribution in [0, 0.1) is 6.07 Å². The van der Waals surface area contributed by atoms with Gasteiger partial charge in [-0.3, -0.25) is 4.79 Å². The Kier molecular flexibility index (Phi) is 11.1. The van der Waals surface area contributed by atoms with Gasteiger partial charge in [-0.05, 0) is 13.8 Å². The number of aromatic nitrogens is 1. The summed E-state index contributed by atoms with van der Waals surface area (Å²) in [6.07, 6.45) is 3.17. The van der Waals surface area contributed by atoms with Gasteiger partial charge in [-0.25, -0.2) is 0 Å². The van der Waals surface area contributed by atoms with Crippen molar-refractivity contribution in [1.29, 1.82) is 0 Å². The van der Waals surface area contributed by atoms with Crippen molar-refractivity contribution < 1.29 is 30.0 Å². The van der Waals surface area contributed by atoms with Crippen molar-refractivity contribution in [3.8, 4) is 33.5 Å². The van der Waals surface area contributed by atoms with Crippen LogP contribution >= 0.6 is 0 Å². The first kappa shape index (κ1) is 36.1. The number of benzene rings is 4. The number of aliphatic hydroxyl groups excluding tert-OH is 1. The largest absolute Gasteiger partial charge is 0 e. The maximum absolute atomic E-state index is 10.0. The number of rotatable bonds is 5. The molecule has 0 saturated carbocycles. The molecule has 6 heteroatoms. The van der Waals surface area contributed by atoms with Crippen LogP contribution in [0.5, 0.6) is 0 Å². The molecule has 0 fully saturated rings. The topological polar surface area (TPSA) is 50.2 Å². The summed E-state index contributed by atoms with van der Waals surface area (Å²) in [5, 5.41) is 10.8. The Balaban J connectivity index is 0.000000542. The first-order valence-electron chi connectivity index (χ1n) is 15.8. The third-order valence-corrected chi connectivity index (χ3v) is 20.5. The van der Waals surface area contributed by atoms with Crippen LogP contribution in [0.1, 0.15) is 39.2 Å². The summed E-state index contributed by atoms with van der Waals surface area (Å²) >= 11 is -4.46. The molecule has 3 nitrogen and oxygen atoms in total. The minimum Gasteiger partial charge on any atom is 0 e. The number of carbonyl (C=O) groups is 1. The third kappa shape index (κ3) is 7.36. The van der Waals surface area contributed by atoms with E-state index in [1.807, 2.05) is 6.20 Å². The van der Waals surface area contributed by atoms with Gasteiger partial charge in [-0.1, -0.05) is 0 Å². The van der Waals surface area contributed by atoms with Crippen LogP contribution in [-0.4, -0.2) is 42.4 Å². The first-order chi connectivity index (χ1) is 21.2. The Morgan fingerprint density at radius 2 is 1.54 bits per heavy atom. The van der Waals surface area contributed by atoms with Gasteiger partial charge in [-0.2, -0.15) is 0 Å². The van der Waals surface area contributed by atoms with E-state index < -0.39 is 26.5 Å². The molecule has 0 spiro atoms. The fourth-order valence-electron chi connectivity index (χ4n) is 6.45. The fraction of sp³-hybridized carbons (Fsp3) is 0.250. The van der Waals surface area contributed by atoms with Crippen molar-refractivity contribution >= 4 is 56.3 Å². The van der Waals surface area contributed by atoms with E-state index in [0.29, 0.717) is 5.92 Å². The van der Waals surface area contributed by atoms with Crippen LogP contribution < -0.4 is 13.2 Å². The average molecular weight is 908 g/mol. The molecule has 2 heterocycles. The standard InChI is InChI=1S/C35H36Ge2N.C5H8O2.Ir/c1-23(2)32-21-27(20-26-10-8-9-11-29(26)32)35-34-31(18-19-38-35)30-17-14-25(22-33(30)37(34,6)7)24-12-15-28(16-13-24)36(3,4)5;1-4(6)3-5(2)7;/h8-19,21-23H,1-7H3;3,6H,1-2H3;/q-1;;/b;4-3-;. The number of allylic oxidation sites excluding steroid dienone is 2. The van der Waals surface area contributed by atoms with Crippen molar-refractivity contribution in [1.82, 2.24) is 4.98 Å². The third-order valence-electron chi connectivity index (χ3n) is 8.74. The van der Waals surface area contributed by atoms with Gasteiger partial charge >= 0.3 is 234 Å². The maximum atomic E-state index is 10.0. The number of hydrogen-bond acceptors (Lipinski definition) is 3. The smallest absolute Gasteiger partial charge is 0 e. The molecule has 1 N–H and O–H groups in total.